The standard InChI is InChI=1S/C19H17FN6OS2/c1-11-3-8-17(29-11)15-10-28-19(21-15)22-18(27)16(26-12(2)23-24-25-26)9-13-4-6-14(20)7-5-13/h3-8,10,16H,9H2,1-2H3,(H,21,22,27). The van der Waals surface area contributed by atoms with Crippen LogP contribution in [0.3, 0.4) is 0 Å². The first-order valence-corrected chi connectivity index (χ1v) is 10.5. The van der Waals surface area contributed by atoms with Gasteiger partial charge in [0.15, 0.2) is 5.13 Å². The minimum Gasteiger partial charge on any atom is -0.300 e. The van der Waals surface area contributed by atoms with E-state index in [1.165, 1.54) is 33.0 Å². The van der Waals surface area contributed by atoms with Crippen molar-refractivity contribution in [1.82, 2.24) is 25.2 Å². The normalized spacial score (nSPS) is 12.1. The van der Waals surface area contributed by atoms with Crippen molar-refractivity contribution in [3.05, 3.63) is 63.9 Å². The van der Waals surface area contributed by atoms with E-state index < -0.39 is 6.04 Å². The van der Waals surface area contributed by atoms with Crippen LogP contribution in [-0.4, -0.2) is 31.1 Å². The number of nitrogens with one attached hydrogen (secondary N) is 1. The van der Waals surface area contributed by atoms with Gasteiger partial charge >= 0.3 is 0 Å². The second kappa shape index (κ2) is 8.18. The molecule has 1 amide bonds. The molecule has 0 aliphatic carbocycles. The molecule has 7 nitrogen and oxygen atoms in total. The van der Waals surface area contributed by atoms with Crippen molar-refractivity contribution in [2.75, 3.05) is 5.32 Å². The number of aryl methyl sites for hydroxylation is 2. The number of benzene rings is 1. The lowest BCUT2D eigenvalue weighted by atomic mass is 10.1. The minimum atomic E-state index is -0.688. The molecule has 0 fully saturated rings. The average Bonchev–Trinajstić information content (AvgIpc) is 3.43. The van der Waals surface area contributed by atoms with Crippen LogP contribution in [0.1, 0.15) is 22.3 Å². The monoisotopic (exact) mass is 428 g/mol. The Labute approximate surface area is 174 Å². The molecule has 0 saturated carbocycles. The summed E-state index contributed by atoms with van der Waals surface area (Å²) in [5.74, 6) is -0.0957. The van der Waals surface area contributed by atoms with Crippen molar-refractivity contribution in [1.29, 1.82) is 0 Å². The van der Waals surface area contributed by atoms with Crippen LogP contribution in [0.2, 0.25) is 0 Å². The summed E-state index contributed by atoms with van der Waals surface area (Å²) in [7, 11) is 0. The molecule has 29 heavy (non-hydrogen) atoms. The number of carbonyl (C=O) groups is 1. The highest BCUT2D eigenvalue weighted by atomic mass is 32.1. The van der Waals surface area contributed by atoms with Gasteiger partial charge in [-0.05, 0) is 54.1 Å². The molecule has 148 valence electrons. The van der Waals surface area contributed by atoms with Gasteiger partial charge in [0.25, 0.3) is 5.91 Å². The number of thiophene rings is 1. The van der Waals surface area contributed by atoms with Crippen LogP contribution in [0.25, 0.3) is 10.6 Å². The Morgan fingerprint density at radius 2 is 2.00 bits per heavy atom. The molecule has 1 unspecified atom stereocenters. The average molecular weight is 429 g/mol. The van der Waals surface area contributed by atoms with Gasteiger partial charge in [0, 0.05) is 16.7 Å². The highest BCUT2D eigenvalue weighted by molar-refractivity contribution is 7.17. The van der Waals surface area contributed by atoms with Crippen LogP contribution >= 0.6 is 22.7 Å². The van der Waals surface area contributed by atoms with Gasteiger partial charge in [0.1, 0.15) is 17.7 Å². The molecular weight excluding hydrogens is 411 g/mol. The summed E-state index contributed by atoms with van der Waals surface area (Å²) in [4.78, 5) is 19.8. The third kappa shape index (κ3) is 4.38. The van der Waals surface area contributed by atoms with E-state index in [1.807, 2.05) is 24.4 Å². The van der Waals surface area contributed by atoms with Crippen molar-refractivity contribution >= 4 is 33.7 Å². The van der Waals surface area contributed by atoms with E-state index in [1.54, 1.807) is 30.4 Å². The molecule has 4 aromatic rings. The summed E-state index contributed by atoms with van der Waals surface area (Å²) in [6, 6.07) is 9.40. The van der Waals surface area contributed by atoms with Gasteiger partial charge in [-0.25, -0.2) is 14.1 Å². The molecule has 3 heterocycles. The fourth-order valence-corrected chi connectivity index (χ4v) is 4.48. The third-order valence-corrected chi connectivity index (χ3v) is 6.11. The number of carbonyl (C=O) groups excluding carboxylic acids is 1. The predicted octanol–water partition coefficient (Wildman–Crippen LogP) is 4.04. The highest BCUT2D eigenvalue weighted by Gasteiger charge is 2.25. The lowest BCUT2D eigenvalue weighted by Gasteiger charge is -2.16. The summed E-state index contributed by atoms with van der Waals surface area (Å²) < 4.78 is 14.7. The lowest BCUT2D eigenvalue weighted by molar-refractivity contribution is -0.119. The van der Waals surface area contributed by atoms with Crippen LogP contribution < -0.4 is 5.32 Å². The third-order valence-electron chi connectivity index (χ3n) is 4.32. The zero-order valence-electron chi connectivity index (χ0n) is 15.7. The van der Waals surface area contributed by atoms with E-state index in [0.29, 0.717) is 17.4 Å². The summed E-state index contributed by atoms with van der Waals surface area (Å²) in [6.45, 7) is 3.77. The van der Waals surface area contributed by atoms with Crippen molar-refractivity contribution in [2.45, 2.75) is 26.3 Å². The first-order chi connectivity index (χ1) is 14.0. The number of hydrogen-bond acceptors (Lipinski definition) is 7. The van der Waals surface area contributed by atoms with E-state index in [4.69, 9.17) is 0 Å². The fourth-order valence-electron chi connectivity index (χ4n) is 2.87. The van der Waals surface area contributed by atoms with Gasteiger partial charge in [-0.1, -0.05) is 12.1 Å². The van der Waals surface area contributed by atoms with Gasteiger partial charge in [-0.3, -0.25) is 4.79 Å². The Morgan fingerprint density at radius 3 is 2.66 bits per heavy atom. The van der Waals surface area contributed by atoms with Gasteiger partial charge in [-0.15, -0.1) is 27.8 Å². The zero-order valence-corrected chi connectivity index (χ0v) is 17.3. The quantitative estimate of drug-likeness (QED) is 0.501. The topological polar surface area (TPSA) is 85.6 Å². The summed E-state index contributed by atoms with van der Waals surface area (Å²) in [5, 5.41) is 16.8. The van der Waals surface area contributed by atoms with Gasteiger partial charge < -0.3 is 5.32 Å². The van der Waals surface area contributed by atoms with Crippen LogP contribution in [0.4, 0.5) is 9.52 Å². The van der Waals surface area contributed by atoms with Crippen LogP contribution in [0.15, 0.2) is 41.8 Å². The summed E-state index contributed by atoms with van der Waals surface area (Å²) in [5.41, 5.74) is 1.63. The molecule has 0 spiro atoms. The maximum atomic E-state index is 13.2. The van der Waals surface area contributed by atoms with E-state index in [9.17, 15) is 9.18 Å². The van der Waals surface area contributed by atoms with E-state index in [-0.39, 0.29) is 11.7 Å². The van der Waals surface area contributed by atoms with Gasteiger partial charge in [-0.2, -0.15) is 0 Å². The summed E-state index contributed by atoms with van der Waals surface area (Å²) in [6.07, 6.45) is 0.320. The first-order valence-electron chi connectivity index (χ1n) is 8.82. The molecule has 0 radical (unpaired) electrons. The number of hydrogen-bond donors (Lipinski definition) is 1. The Balaban J connectivity index is 1.56. The molecule has 0 aliphatic rings. The van der Waals surface area contributed by atoms with E-state index in [2.05, 4.69) is 25.8 Å². The van der Waals surface area contributed by atoms with Crippen LogP contribution in [-0.2, 0) is 11.2 Å². The first kappa shape index (κ1) is 19.3. The van der Waals surface area contributed by atoms with Crippen LogP contribution in [0, 0.1) is 19.7 Å². The Kier molecular flexibility index (Phi) is 5.45. The second-order valence-corrected chi connectivity index (χ2v) is 8.60. The molecular formula is C19H17FN6OS2. The summed E-state index contributed by atoms with van der Waals surface area (Å²) >= 11 is 3.01. The number of thiazole rings is 1. The number of aromatic nitrogens is 5. The Morgan fingerprint density at radius 1 is 1.21 bits per heavy atom. The zero-order chi connectivity index (χ0) is 20.4. The number of nitrogens with zero attached hydrogens (tertiary/aromatic N) is 5. The van der Waals surface area contributed by atoms with Crippen molar-refractivity contribution in [3.8, 4) is 10.6 Å². The Bertz CT molecular complexity index is 1130. The molecule has 10 heteroatoms. The number of tetrazole rings is 1. The number of rotatable bonds is 6. The van der Waals surface area contributed by atoms with Crippen molar-refractivity contribution < 1.29 is 9.18 Å². The largest absolute Gasteiger partial charge is 0.300 e. The molecule has 3 aromatic heterocycles. The molecule has 1 atom stereocenters. The Hall–Kier alpha value is -2.98. The van der Waals surface area contributed by atoms with Crippen molar-refractivity contribution in [2.24, 2.45) is 0 Å². The maximum absolute atomic E-state index is 13.2. The smallest absolute Gasteiger partial charge is 0.251 e. The molecule has 1 N–H and O–H groups in total. The second-order valence-electron chi connectivity index (χ2n) is 6.45. The number of anilines is 1. The van der Waals surface area contributed by atoms with Crippen LogP contribution in [0.5, 0.6) is 0 Å². The molecule has 4 rings (SSSR count). The fraction of sp³-hybridized carbons (Fsp3) is 0.211. The van der Waals surface area contributed by atoms with E-state index in [0.717, 1.165) is 16.1 Å². The predicted molar refractivity (Wildman–Crippen MR) is 110 cm³/mol. The van der Waals surface area contributed by atoms with E-state index >= 15 is 0 Å². The molecule has 1 aromatic carbocycles. The lowest BCUT2D eigenvalue weighted by Crippen LogP contribution is -2.29. The van der Waals surface area contributed by atoms with Crippen molar-refractivity contribution in [3.63, 3.8) is 0 Å². The SMILES string of the molecule is Cc1ccc(-c2csc(NC(=O)C(Cc3ccc(F)cc3)n3nnnc3C)n2)s1. The van der Waals surface area contributed by atoms with Gasteiger partial charge in [0.2, 0.25) is 0 Å². The molecule has 0 aliphatic heterocycles. The highest BCUT2D eigenvalue weighted by Crippen LogP contribution is 2.30. The molecule has 0 saturated heterocycles. The van der Waals surface area contributed by atoms with Gasteiger partial charge in [0.05, 0.1) is 10.6 Å². The number of halogens is 1. The number of amides is 1. The minimum absolute atomic E-state index is 0.284. The molecule has 0 bridgehead atoms. The maximum Gasteiger partial charge on any atom is 0.251 e.